The molecule has 24 heavy (non-hydrogen) atoms. The summed E-state index contributed by atoms with van der Waals surface area (Å²) in [5.74, 6) is 0. The van der Waals surface area contributed by atoms with Crippen LogP contribution in [-0.4, -0.2) is 4.57 Å². The molecule has 3 rings (SSSR count). The van der Waals surface area contributed by atoms with Gasteiger partial charge in [-0.1, -0.05) is 31.9 Å². The van der Waals surface area contributed by atoms with Crippen molar-refractivity contribution in [2.45, 2.75) is 26.9 Å². The first-order valence-corrected chi connectivity index (χ1v) is 9.37. The fraction of sp³-hybridized carbons (Fsp3) is 0.211. The summed E-state index contributed by atoms with van der Waals surface area (Å²) in [5.41, 5.74) is 5.01. The Bertz CT molecular complexity index is 738. The predicted octanol–water partition coefficient (Wildman–Crippen LogP) is 2.68. The second-order valence-corrected chi connectivity index (χ2v) is 7.23. The van der Waals surface area contributed by atoms with E-state index in [1.807, 2.05) is 0 Å². The van der Waals surface area contributed by atoms with Gasteiger partial charge in [-0.2, -0.15) is 0 Å². The van der Waals surface area contributed by atoms with Gasteiger partial charge < -0.3 is 17.0 Å². The molecule has 0 bridgehead atoms. The number of hydrogen-bond acceptors (Lipinski definition) is 0. The maximum absolute atomic E-state index is 3.53. The molecule has 0 fully saturated rings. The van der Waals surface area contributed by atoms with Crippen molar-refractivity contribution in [2.24, 2.45) is 0 Å². The number of imidazole rings is 1. The molecule has 0 aliphatic rings. The van der Waals surface area contributed by atoms with Crippen molar-refractivity contribution < 1.29 is 21.5 Å². The first-order chi connectivity index (χ1) is 11.1. The number of rotatable bonds is 4. The third kappa shape index (κ3) is 3.84. The number of hydrogen-bond donors (Lipinski definition) is 0. The first-order valence-electron chi connectivity index (χ1n) is 7.78. The lowest BCUT2D eigenvalue weighted by atomic mass is 10.0. The van der Waals surface area contributed by atoms with E-state index < -0.39 is 0 Å². The van der Waals surface area contributed by atoms with Crippen LogP contribution in [0.2, 0.25) is 0 Å². The Kier molecular flexibility index (Phi) is 6.84. The second-order valence-electron chi connectivity index (χ2n) is 5.40. The van der Waals surface area contributed by atoms with E-state index in [-0.39, 0.29) is 17.0 Å². The van der Waals surface area contributed by atoms with Gasteiger partial charge in [0, 0.05) is 20.1 Å². The summed E-state index contributed by atoms with van der Waals surface area (Å²) in [6, 6.07) is 17.1. The van der Waals surface area contributed by atoms with Crippen LogP contribution in [0.1, 0.15) is 13.8 Å². The molecule has 0 radical (unpaired) electrons. The summed E-state index contributed by atoms with van der Waals surface area (Å²) in [6.45, 7) is 6.27. The molecule has 1 aromatic heterocycles. The fourth-order valence-electron chi connectivity index (χ4n) is 2.86. The van der Waals surface area contributed by atoms with Crippen LogP contribution < -0.4 is 21.5 Å². The molecule has 0 aliphatic heterocycles. The molecule has 0 saturated carbocycles. The Morgan fingerprint density at radius 3 is 1.79 bits per heavy atom. The Labute approximate surface area is 170 Å². The SMILES string of the molecule is CCn1c[n+](CC)c(-c2ccc(Br)cc2)c1-c1ccc(Br)cc1.[Br-]. The molecule has 126 valence electrons. The molecular formula is C19H19Br3N2. The van der Waals surface area contributed by atoms with Crippen molar-refractivity contribution in [3.05, 3.63) is 63.8 Å². The quantitative estimate of drug-likeness (QED) is 0.473. The maximum atomic E-state index is 3.53. The summed E-state index contributed by atoms with van der Waals surface area (Å²) < 4.78 is 6.85. The molecule has 1 heterocycles. The van der Waals surface area contributed by atoms with Crippen LogP contribution in [0.4, 0.5) is 0 Å². The van der Waals surface area contributed by atoms with Crippen LogP contribution in [0.15, 0.2) is 63.8 Å². The topological polar surface area (TPSA) is 8.81 Å². The largest absolute Gasteiger partial charge is 1.00 e. The van der Waals surface area contributed by atoms with Crippen molar-refractivity contribution >= 4 is 31.9 Å². The maximum Gasteiger partial charge on any atom is 0.244 e. The molecule has 0 saturated heterocycles. The van der Waals surface area contributed by atoms with E-state index in [1.54, 1.807) is 0 Å². The average molecular weight is 515 g/mol. The zero-order chi connectivity index (χ0) is 16.4. The normalized spacial score (nSPS) is 10.5. The second kappa shape index (κ2) is 8.45. The van der Waals surface area contributed by atoms with E-state index in [0.717, 1.165) is 22.0 Å². The van der Waals surface area contributed by atoms with Crippen LogP contribution in [0.25, 0.3) is 22.5 Å². The fourth-order valence-corrected chi connectivity index (χ4v) is 3.38. The van der Waals surface area contributed by atoms with Gasteiger partial charge >= 0.3 is 0 Å². The smallest absolute Gasteiger partial charge is 0.244 e. The van der Waals surface area contributed by atoms with Crippen molar-refractivity contribution in [2.75, 3.05) is 0 Å². The minimum atomic E-state index is 0. The van der Waals surface area contributed by atoms with Gasteiger partial charge in [0.15, 0.2) is 11.4 Å². The first kappa shape index (κ1) is 19.4. The molecule has 0 amide bonds. The van der Waals surface area contributed by atoms with Crippen molar-refractivity contribution in [3.8, 4) is 22.5 Å². The van der Waals surface area contributed by atoms with Gasteiger partial charge in [0.1, 0.15) is 0 Å². The molecule has 0 N–H and O–H groups in total. The molecule has 0 unspecified atom stereocenters. The summed E-state index contributed by atoms with van der Waals surface area (Å²) in [6.07, 6.45) is 2.22. The van der Waals surface area contributed by atoms with Gasteiger partial charge in [-0.3, -0.25) is 0 Å². The molecule has 3 aromatic rings. The van der Waals surface area contributed by atoms with E-state index in [4.69, 9.17) is 0 Å². The highest BCUT2D eigenvalue weighted by atomic mass is 79.9. The highest BCUT2D eigenvalue weighted by molar-refractivity contribution is 9.10. The van der Waals surface area contributed by atoms with Crippen LogP contribution in [-0.2, 0) is 13.1 Å². The molecule has 0 aliphatic carbocycles. The summed E-state index contributed by atoms with van der Waals surface area (Å²) in [7, 11) is 0. The number of nitrogens with zero attached hydrogens (tertiary/aromatic N) is 2. The summed E-state index contributed by atoms with van der Waals surface area (Å²) in [5, 5.41) is 0. The summed E-state index contributed by atoms with van der Waals surface area (Å²) in [4.78, 5) is 0. The third-order valence-corrected chi connectivity index (χ3v) is 5.05. The molecule has 5 heteroatoms. The van der Waals surface area contributed by atoms with Crippen LogP contribution in [0.3, 0.4) is 0 Å². The average Bonchev–Trinajstić information content (AvgIpc) is 2.95. The van der Waals surface area contributed by atoms with Crippen molar-refractivity contribution in [3.63, 3.8) is 0 Å². The highest BCUT2D eigenvalue weighted by Crippen LogP contribution is 2.31. The lowest BCUT2D eigenvalue weighted by Crippen LogP contribution is -3.00. The molecular weight excluding hydrogens is 496 g/mol. The molecule has 0 atom stereocenters. The predicted molar refractivity (Wildman–Crippen MR) is 102 cm³/mol. The standard InChI is InChI=1S/C19H19Br2N2.BrH/c1-3-22-13-23(4-2)19(15-7-11-17(21)12-8-15)18(22)14-5-9-16(20)10-6-14;/h5-13H,3-4H2,1-2H3;1H/q+1;/p-1. The van der Waals surface area contributed by atoms with Gasteiger partial charge in [0.2, 0.25) is 6.33 Å². The van der Waals surface area contributed by atoms with Gasteiger partial charge in [-0.15, -0.1) is 0 Å². The Hall–Kier alpha value is -0.910. The van der Waals surface area contributed by atoms with Crippen LogP contribution >= 0.6 is 31.9 Å². The Morgan fingerprint density at radius 1 is 0.833 bits per heavy atom. The van der Waals surface area contributed by atoms with E-state index >= 15 is 0 Å². The molecule has 0 spiro atoms. The van der Waals surface area contributed by atoms with E-state index in [0.29, 0.717) is 0 Å². The Morgan fingerprint density at radius 2 is 1.33 bits per heavy atom. The van der Waals surface area contributed by atoms with Gasteiger partial charge in [-0.25, -0.2) is 9.13 Å². The van der Waals surface area contributed by atoms with Crippen molar-refractivity contribution in [1.29, 1.82) is 0 Å². The van der Waals surface area contributed by atoms with E-state index in [2.05, 4.69) is 110 Å². The molecule has 2 nitrogen and oxygen atoms in total. The summed E-state index contributed by atoms with van der Waals surface area (Å²) >= 11 is 7.05. The Balaban J connectivity index is 0.00000208. The number of halogens is 3. The zero-order valence-electron chi connectivity index (χ0n) is 13.6. The number of aromatic nitrogens is 2. The minimum absolute atomic E-state index is 0. The lowest BCUT2D eigenvalue weighted by Gasteiger charge is -2.05. The van der Waals surface area contributed by atoms with Crippen LogP contribution in [0.5, 0.6) is 0 Å². The lowest BCUT2D eigenvalue weighted by molar-refractivity contribution is -0.682. The van der Waals surface area contributed by atoms with Crippen molar-refractivity contribution in [1.82, 2.24) is 4.57 Å². The number of aryl methyl sites for hydroxylation is 2. The monoisotopic (exact) mass is 512 g/mol. The van der Waals surface area contributed by atoms with Gasteiger partial charge in [0.25, 0.3) is 0 Å². The van der Waals surface area contributed by atoms with Crippen LogP contribution in [0, 0.1) is 0 Å². The third-order valence-electron chi connectivity index (χ3n) is 3.99. The van der Waals surface area contributed by atoms with E-state index in [9.17, 15) is 0 Å². The van der Waals surface area contributed by atoms with Gasteiger partial charge in [0.05, 0.1) is 13.1 Å². The minimum Gasteiger partial charge on any atom is -1.00 e. The van der Waals surface area contributed by atoms with Gasteiger partial charge in [-0.05, 0) is 62.4 Å². The van der Waals surface area contributed by atoms with E-state index in [1.165, 1.54) is 22.5 Å². The zero-order valence-corrected chi connectivity index (χ0v) is 18.4. The highest BCUT2D eigenvalue weighted by Gasteiger charge is 2.24. The molecule has 2 aromatic carbocycles. The number of benzene rings is 2.